The van der Waals surface area contributed by atoms with E-state index in [-0.39, 0.29) is 17.9 Å². The quantitative estimate of drug-likeness (QED) is 0.855. The Labute approximate surface area is 118 Å². The molecule has 20 heavy (non-hydrogen) atoms. The van der Waals surface area contributed by atoms with Crippen molar-refractivity contribution in [2.75, 3.05) is 25.0 Å². The molecule has 0 radical (unpaired) electrons. The van der Waals surface area contributed by atoms with Gasteiger partial charge in [0.1, 0.15) is 11.9 Å². The maximum absolute atomic E-state index is 12.5. The molecule has 0 saturated carbocycles. The lowest BCUT2D eigenvalue weighted by Crippen LogP contribution is -2.56. The molecule has 2 amide bonds. The van der Waals surface area contributed by atoms with Crippen molar-refractivity contribution in [3.05, 3.63) is 23.9 Å². The second-order valence-electron chi connectivity index (χ2n) is 4.68. The molecule has 6 heteroatoms. The zero-order valence-electron chi connectivity index (χ0n) is 11.8. The fourth-order valence-corrected chi connectivity index (χ4v) is 2.34. The summed E-state index contributed by atoms with van der Waals surface area (Å²) in [4.78, 5) is 30.1. The van der Waals surface area contributed by atoms with E-state index in [9.17, 15) is 9.59 Å². The third-order valence-electron chi connectivity index (χ3n) is 3.35. The predicted octanol–water partition coefficient (Wildman–Crippen LogP) is 0.864. The molecule has 2 N–H and O–H groups in total. The highest BCUT2D eigenvalue weighted by atomic mass is 16.2. The first-order chi connectivity index (χ1) is 9.67. The zero-order chi connectivity index (χ0) is 14.5. The summed E-state index contributed by atoms with van der Waals surface area (Å²) in [5, 5.41) is 5.87. The number of rotatable bonds is 4. The molecule has 0 spiro atoms. The van der Waals surface area contributed by atoms with Crippen molar-refractivity contribution in [3.8, 4) is 0 Å². The molecule has 0 aromatic carbocycles. The van der Waals surface area contributed by atoms with Crippen molar-refractivity contribution in [2.24, 2.45) is 0 Å². The Hall–Kier alpha value is -2.11. The molecule has 1 saturated heterocycles. The van der Waals surface area contributed by atoms with Crippen molar-refractivity contribution in [3.63, 3.8) is 0 Å². The van der Waals surface area contributed by atoms with Gasteiger partial charge in [-0.15, -0.1) is 0 Å². The van der Waals surface area contributed by atoms with E-state index in [0.29, 0.717) is 25.1 Å². The zero-order valence-corrected chi connectivity index (χ0v) is 11.8. The normalized spacial score (nSPS) is 18.6. The second kappa shape index (κ2) is 6.36. The molecule has 2 heterocycles. The Kier molecular flexibility index (Phi) is 4.55. The van der Waals surface area contributed by atoms with E-state index in [4.69, 9.17) is 0 Å². The second-order valence-corrected chi connectivity index (χ2v) is 4.68. The van der Waals surface area contributed by atoms with E-state index in [1.54, 1.807) is 23.2 Å². The molecule has 2 rings (SSSR count). The van der Waals surface area contributed by atoms with Crippen LogP contribution in [0.4, 0.5) is 5.82 Å². The fourth-order valence-electron chi connectivity index (χ4n) is 2.34. The van der Waals surface area contributed by atoms with Crippen molar-refractivity contribution >= 4 is 17.6 Å². The van der Waals surface area contributed by atoms with Gasteiger partial charge in [0.15, 0.2) is 0 Å². The van der Waals surface area contributed by atoms with E-state index in [1.165, 1.54) is 0 Å². The fraction of sp³-hybridized carbons (Fsp3) is 0.500. The topological polar surface area (TPSA) is 74.3 Å². The van der Waals surface area contributed by atoms with Crippen molar-refractivity contribution in [1.29, 1.82) is 0 Å². The Morgan fingerprint density at radius 1 is 1.50 bits per heavy atom. The van der Waals surface area contributed by atoms with Gasteiger partial charge in [-0.1, -0.05) is 6.92 Å². The molecule has 1 aliphatic rings. The highest BCUT2D eigenvalue weighted by Gasteiger charge is 2.32. The van der Waals surface area contributed by atoms with Crippen LogP contribution in [0.15, 0.2) is 18.3 Å². The highest BCUT2D eigenvalue weighted by molar-refractivity contribution is 5.98. The van der Waals surface area contributed by atoms with Crippen LogP contribution in [-0.4, -0.2) is 47.4 Å². The van der Waals surface area contributed by atoms with Crippen molar-refractivity contribution in [1.82, 2.24) is 15.2 Å². The number of nitrogens with zero attached hydrogens (tertiary/aromatic N) is 2. The van der Waals surface area contributed by atoms with Crippen LogP contribution in [0.3, 0.4) is 0 Å². The Morgan fingerprint density at radius 3 is 2.90 bits per heavy atom. The minimum Gasteiger partial charge on any atom is -0.370 e. The van der Waals surface area contributed by atoms with E-state index in [2.05, 4.69) is 15.6 Å². The van der Waals surface area contributed by atoms with E-state index in [0.717, 1.165) is 12.4 Å². The Bertz CT molecular complexity index is 486. The highest BCUT2D eigenvalue weighted by Crippen LogP contribution is 2.14. The molecule has 1 aromatic rings. The number of hydrogen-bond acceptors (Lipinski definition) is 4. The smallest absolute Gasteiger partial charge is 0.256 e. The maximum atomic E-state index is 12.5. The van der Waals surface area contributed by atoms with Crippen LogP contribution in [0.25, 0.3) is 0 Å². The van der Waals surface area contributed by atoms with Gasteiger partial charge in [0.25, 0.3) is 5.91 Å². The number of carbonyl (C=O) groups excluding carboxylic acids is 2. The number of aromatic nitrogens is 1. The van der Waals surface area contributed by atoms with Gasteiger partial charge in [-0.3, -0.25) is 9.59 Å². The Morgan fingerprint density at radius 2 is 2.30 bits per heavy atom. The van der Waals surface area contributed by atoms with Crippen molar-refractivity contribution in [2.45, 2.75) is 26.3 Å². The van der Waals surface area contributed by atoms with Crippen LogP contribution in [0.2, 0.25) is 0 Å². The molecule has 1 unspecified atom stereocenters. The standard InChI is InChI=1S/C14H20N4O2/c1-3-11-13(19)16-7-8-18(11)14(20)10-5-6-12(15-4-2)17-9-10/h5-6,9,11H,3-4,7-8H2,1-2H3,(H,15,17)(H,16,19). The molecule has 6 nitrogen and oxygen atoms in total. The summed E-state index contributed by atoms with van der Waals surface area (Å²) in [5.74, 6) is 0.527. The minimum absolute atomic E-state index is 0.0793. The number of anilines is 1. The average Bonchev–Trinajstić information content (AvgIpc) is 2.47. The van der Waals surface area contributed by atoms with Crippen molar-refractivity contribution < 1.29 is 9.59 Å². The minimum atomic E-state index is -0.385. The van der Waals surface area contributed by atoms with Gasteiger partial charge in [-0.05, 0) is 25.5 Å². The molecule has 1 atom stereocenters. The summed E-state index contributed by atoms with van der Waals surface area (Å²) < 4.78 is 0. The molecule has 0 bridgehead atoms. The van der Waals surface area contributed by atoms with Gasteiger partial charge in [-0.25, -0.2) is 4.98 Å². The van der Waals surface area contributed by atoms with Crippen LogP contribution >= 0.6 is 0 Å². The maximum Gasteiger partial charge on any atom is 0.256 e. The van der Waals surface area contributed by atoms with Gasteiger partial charge >= 0.3 is 0 Å². The number of amides is 2. The summed E-state index contributed by atoms with van der Waals surface area (Å²) in [6, 6.07) is 3.14. The lowest BCUT2D eigenvalue weighted by Gasteiger charge is -2.34. The summed E-state index contributed by atoms with van der Waals surface area (Å²) >= 11 is 0. The third-order valence-corrected chi connectivity index (χ3v) is 3.35. The van der Waals surface area contributed by atoms with Crippen LogP contribution in [0, 0.1) is 0 Å². The number of nitrogens with one attached hydrogen (secondary N) is 2. The van der Waals surface area contributed by atoms with Crippen LogP contribution < -0.4 is 10.6 Å². The molecule has 1 aromatic heterocycles. The van der Waals surface area contributed by atoms with Gasteiger partial charge in [-0.2, -0.15) is 0 Å². The molecular weight excluding hydrogens is 256 g/mol. The van der Waals surface area contributed by atoms with Crippen LogP contribution in [0.5, 0.6) is 0 Å². The molecule has 0 aliphatic carbocycles. The number of hydrogen-bond donors (Lipinski definition) is 2. The largest absolute Gasteiger partial charge is 0.370 e. The monoisotopic (exact) mass is 276 g/mol. The molecule has 108 valence electrons. The summed E-state index contributed by atoms with van der Waals surface area (Å²) in [6.45, 7) is 5.72. The summed E-state index contributed by atoms with van der Waals surface area (Å²) in [7, 11) is 0. The predicted molar refractivity (Wildman–Crippen MR) is 76.5 cm³/mol. The van der Waals surface area contributed by atoms with Gasteiger partial charge < -0.3 is 15.5 Å². The SMILES string of the molecule is CCNc1ccc(C(=O)N2CCNC(=O)C2CC)cn1. The van der Waals surface area contributed by atoms with E-state index in [1.807, 2.05) is 13.8 Å². The first-order valence-electron chi connectivity index (χ1n) is 6.96. The first kappa shape index (κ1) is 14.3. The Balaban J connectivity index is 2.14. The molecule has 1 aliphatic heterocycles. The van der Waals surface area contributed by atoms with Gasteiger partial charge in [0.2, 0.25) is 5.91 Å². The van der Waals surface area contributed by atoms with Crippen LogP contribution in [-0.2, 0) is 4.79 Å². The lowest BCUT2D eigenvalue weighted by molar-refractivity contribution is -0.127. The average molecular weight is 276 g/mol. The summed E-state index contributed by atoms with van der Waals surface area (Å²) in [6.07, 6.45) is 2.17. The first-order valence-corrected chi connectivity index (χ1v) is 6.96. The number of pyridine rings is 1. The van der Waals surface area contributed by atoms with Crippen LogP contribution in [0.1, 0.15) is 30.6 Å². The summed E-state index contributed by atoms with van der Waals surface area (Å²) in [5.41, 5.74) is 0.514. The molecule has 1 fully saturated rings. The van der Waals surface area contributed by atoms with E-state index >= 15 is 0 Å². The third kappa shape index (κ3) is 2.89. The van der Waals surface area contributed by atoms with Gasteiger partial charge in [0, 0.05) is 25.8 Å². The lowest BCUT2D eigenvalue weighted by atomic mass is 10.1. The van der Waals surface area contributed by atoms with E-state index < -0.39 is 0 Å². The number of carbonyl (C=O) groups is 2. The van der Waals surface area contributed by atoms with Gasteiger partial charge in [0.05, 0.1) is 5.56 Å². The molecular formula is C14H20N4O2. The number of piperazine rings is 1.